The average Bonchev–Trinajstić information content (AvgIpc) is 3.00. The zero-order valence-corrected chi connectivity index (χ0v) is 20.2. The number of ether oxygens (including phenoxy) is 1. The van der Waals surface area contributed by atoms with Crippen LogP contribution < -0.4 is 0 Å². The monoisotopic (exact) mass is 410 g/mol. The first-order chi connectivity index (χ1) is 13.7. The van der Waals surface area contributed by atoms with Gasteiger partial charge in [0.25, 0.3) is 0 Å². The normalized spacial score (nSPS) is 25.2. The zero-order chi connectivity index (χ0) is 20.5. The summed E-state index contributed by atoms with van der Waals surface area (Å²) in [6, 6.07) is 0. The van der Waals surface area contributed by atoms with Crippen LogP contribution in [0.2, 0.25) is 5.82 Å². The molecule has 2 radical (unpaired) electrons. The molecule has 164 valence electrons. The summed E-state index contributed by atoms with van der Waals surface area (Å²) in [5.41, 5.74) is 0. The third-order valence-electron chi connectivity index (χ3n) is 6.37. The fourth-order valence-corrected chi connectivity index (χ4v) is 5.16. The Balaban J connectivity index is 1.91. The van der Waals surface area contributed by atoms with Crippen molar-refractivity contribution in [2.45, 2.75) is 135 Å². The summed E-state index contributed by atoms with van der Waals surface area (Å²) in [6.07, 6.45) is 22.0. The topological polar surface area (TPSA) is 18.5 Å². The van der Waals surface area contributed by atoms with Gasteiger partial charge >= 0.3 is 0 Å². The van der Waals surface area contributed by atoms with Gasteiger partial charge in [-0.2, -0.15) is 0 Å². The van der Waals surface area contributed by atoms with E-state index in [9.17, 15) is 0 Å². The molecule has 1 aliphatic carbocycles. The second-order valence-electron chi connectivity index (χ2n) is 8.79. The molecule has 1 rings (SSSR count). The predicted molar refractivity (Wildman–Crippen MR) is 127 cm³/mol. The molecule has 0 spiro atoms. The van der Waals surface area contributed by atoms with Crippen LogP contribution in [-0.2, 0) is 9.26 Å². The highest BCUT2D eigenvalue weighted by Gasteiger charge is 2.41. The summed E-state index contributed by atoms with van der Waals surface area (Å²) in [4.78, 5) is 0. The minimum Gasteiger partial charge on any atom is -0.376 e. The molecule has 2 nitrogen and oxygen atoms in total. The Kier molecular flexibility index (Phi) is 17.2. The fraction of sp³-hybridized carbons (Fsp3) is 1.00. The van der Waals surface area contributed by atoms with Gasteiger partial charge in [-0.25, -0.2) is 0 Å². The molecule has 4 heteroatoms. The number of hydrogen-bond acceptors (Lipinski definition) is 2. The summed E-state index contributed by atoms with van der Waals surface area (Å²) in [5.74, 6) is 0.724. The van der Waals surface area contributed by atoms with E-state index in [-0.39, 0.29) is 18.0 Å². The van der Waals surface area contributed by atoms with E-state index in [4.69, 9.17) is 17.1 Å². The van der Waals surface area contributed by atoms with Crippen LogP contribution in [0, 0.1) is 5.92 Å². The minimum atomic E-state index is 0.111. The molecule has 0 heterocycles. The quantitative estimate of drug-likeness (QED) is 0.123. The predicted octanol–water partition coefficient (Wildman–Crippen LogP) is 7.85. The molecule has 0 aromatic carbocycles. The van der Waals surface area contributed by atoms with Gasteiger partial charge in [0.05, 0.1) is 20.1 Å². The maximum atomic E-state index is 6.32. The van der Waals surface area contributed by atoms with Gasteiger partial charge in [0.1, 0.15) is 0 Å². The van der Waals surface area contributed by atoms with Crippen LogP contribution in [0.3, 0.4) is 0 Å². The second-order valence-corrected chi connectivity index (χ2v) is 9.43. The van der Waals surface area contributed by atoms with E-state index in [1.165, 1.54) is 89.9 Å². The van der Waals surface area contributed by atoms with Gasteiger partial charge in [0, 0.05) is 15.4 Å². The Morgan fingerprint density at radius 3 is 1.71 bits per heavy atom. The van der Waals surface area contributed by atoms with E-state index in [0.29, 0.717) is 14.7 Å². The van der Waals surface area contributed by atoms with Crippen molar-refractivity contribution in [2.24, 2.45) is 5.92 Å². The van der Waals surface area contributed by atoms with Crippen molar-refractivity contribution in [1.29, 1.82) is 0 Å². The minimum absolute atomic E-state index is 0.111. The molecule has 0 aromatic heterocycles. The molecular weight excluding hydrogens is 362 g/mol. The first-order valence-corrected chi connectivity index (χ1v) is 13.8. The lowest BCUT2D eigenvalue weighted by atomic mass is 9.83. The van der Waals surface area contributed by atoms with Crippen LogP contribution in [0.15, 0.2) is 0 Å². The smallest absolute Gasteiger partial charge is 0.0898 e. The van der Waals surface area contributed by atoms with Crippen LogP contribution in [0.5, 0.6) is 0 Å². The van der Waals surface area contributed by atoms with Crippen LogP contribution in [0.1, 0.15) is 117 Å². The van der Waals surface area contributed by atoms with E-state index in [1.54, 1.807) is 0 Å². The summed E-state index contributed by atoms with van der Waals surface area (Å²) in [7, 11) is 6.85. The molecule has 1 saturated carbocycles. The summed E-state index contributed by atoms with van der Waals surface area (Å²) in [5, 5.41) is 0. The maximum absolute atomic E-state index is 6.32. The largest absolute Gasteiger partial charge is 0.376 e. The lowest BCUT2D eigenvalue weighted by Gasteiger charge is -2.26. The highest BCUT2D eigenvalue weighted by atomic mass is 31.1. The fourth-order valence-electron chi connectivity index (χ4n) is 4.56. The number of rotatable bonds is 19. The summed E-state index contributed by atoms with van der Waals surface area (Å²) >= 11 is 0. The van der Waals surface area contributed by atoms with E-state index < -0.39 is 0 Å². The van der Waals surface area contributed by atoms with Crippen molar-refractivity contribution in [3.05, 3.63) is 0 Å². The van der Waals surface area contributed by atoms with Crippen molar-refractivity contribution in [3.8, 4) is 0 Å². The third-order valence-corrected chi connectivity index (χ3v) is 6.88. The Bertz CT molecular complexity index is 343. The molecule has 5 atom stereocenters. The van der Waals surface area contributed by atoms with Crippen LogP contribution in [0.25, 0.3) is 0 Å². The third kappa shape index (κ3) is 11.6. The lowest BCUT2D eigenvalue weighted by Crippen LogP contribution is -2.31. The SMILES string of the molecule is [B]C1CC(CC)C(OPC)C1OCCCCCCCCCCCCCCCC. The van der Waals surface area contributed by atoms with Gasteiger partial charge < -0.3 is 9.26 Å². The number of unbranched alkanes of at least 4 members (excludes halogenated alkanes) is 13. The van der Waals surface area contributed by atoms with Gasteiger partial charge in [-0.15, -0.1) is 0 Å². The lowest BCUT2D eigenvalue weighted by molar-refractivity contribution is -0.0155. The molecule has 0 amide bonds. The standard InChI is InChI=1S/C24H48BO2P/c1-4-6-7-8-9-10-11-12-13-14-15-16-17-18-19-26-24-22(25)20-21(5-2)23(24)27-28-3/h21-24,28H,4-20H2,1-3H3. The molecule has 0 aromatic rings. The van der Waals surface area contributed by atoms with Crippen molar-refractivity contribution < 1.29 is 9.26 Å². The number of hydrogen-bond donors (Lipinski definition) is 0. The van der Waals surface area contributed by atoms with Gasteiger partial charge in [-0.1, -0.05) is 110 Å². The second kappa shape index (κ2) is 18.2. The van der Waals surface area contributed by atoms with Crippen molar-refractivity contribution in [1.82, 2.24) is 0 Å². The van der Waals surface area contributed by atoms with Crippen LogP contribution in [-0.4, -0.2) is 33.3 Å². The highest BCUT2D eigenvalue weighted by molar-refractivity contribution is 7.31. The van der Waals surface area contributed by atoms with Crippen LogP contribution >= 0.6 is 8.81 Å². The molecule has 0 bridgehead atoms. The Hall–Kier alpha value is 0.415. The van der Waals surface area contributed by atoms with E-state index in [2.05, 4.69) is 20.5 Å². The van der Waals surface area contributed by atoms with E-state index >= 15 is 0 Å². The molecule has 28 heavy (non-hydrogen) atoms. The van der Waals surface area contributed by atoms with E-state index in [1.807, 2.05) is 0 Å². The van der Waals surface area contributed by atoms with Gasteiger partial charge in [-0.05, 0) is 24.8 Å². The van der Waals surface area contributed by atoms with Crippen molar-refractivity contribution in [3.63, 3.8) is 0 Å². The molecule has 0 aliphatic heterocycles. The van der Waals surface area contributed by atoms with E-state index in [0.717, 1.165) is 19.4 Å². The van der Waals surface area contributed by atoms with Crippen LogP contribution in [0.4, 0.5) is 0 Å². The van der Waals surface area contributed by atoms with Gasteiger partial charge in [0.2, 0.25) is 0 Å². The summed E-state index contributed by atoms with van der Waals surface area (Å²) < 4.78 is 12.2. The molecule has 1 aliphatic rings. The van der Waals surface area contributed by atoms with Gasteiger partial charge in [-0.3, -0.25) is 0 Å². The Morgan fingerprint density at radius 2 is 1.25 bits per heavy atom. The first kappa shape index (κ1) is 26.5. The Morgan fingerprint density at radius 1 is 0.750 bits per heavy atom. The van der Waals surface area contributed by atoms with Crippen molar-refractivity contribution >= 4 is 16.7 Å². The molecule has 5 unspecified atom stereocenters. The Labute approximate surface area is 180 Å². The molecule has 1 fully saturated rings. The average molecular weight is 410 g/mol. The van der Waals surface area contributed by atoms with Crippen molar-refractivity contribution in [2.75, 3.05) is 13.3 Å². The molecule has 0 N–H and O–H groups in total. The maximum Gasteiger partial charge on any atom is 0.0898 e. The highest BCUT2D eigenvalue weighted by Crippen LogP contribution is 2.41. The zero-order valence-electron chi connectivity index (χ0n) is 19.2. The first-order valence-electron chi connectivity index (χ1n) is 12.4. The molecular formula is C24H48BO2P. The van der Waals surface area contributed by atoms with Gasteiger partial charge in [0.15, 0.2) is 0 Å². The molecule has 0 saturated heterocycles. The summed E-state index contributed by atoms with van der Waals surface area (Å²) in [6.45, 7) is 7.47.